The molecule has 0 saturated heterocycles. The highest BCUT2D eigenvalue weighted by atomic mass is 16.1. The highest BCUT2D eigenvalue weighted by Crippen LogP contribution is 2.23. The second-order valence-electron chi connectivity index (χ2n) is 6.96. The Labute approximate surface area is 163 Å². The molecule has 4 rings (SSSR count). The summed E-state index contributed by atoms with van der Waals surface area (Å²) in [4.78, 5) is 16.9. The van der Waals surface area contributed by atoms with Gasteiger partial charge in [0, 0.05) is 30.7 Å². The second kappa shape index (κ2) is 7.60. The number of benzene rings is 2. The van der Waals surface area contributed by atoms with E-state index in [2.05, 4.69) is 33.5 Å². The summed E-state index contributed by atoms with van der Waals surface area (Å²) in [6.45, 7) is 2.14. The van der Waals surface area contributed by atoms with E-state index in [1.54, 1.807) is 12.5 Å². The van der Waals surface area contributed by atoms with Crippen molar-refractivity contribution in [2.24, 2.45) is 7.05 Å². The van der Waals surface area contributed by atoms with Crippen molar-refractivity contribution < 1.29 is 4.79 Å². The lowest BCUT2D eigenvalue weighted by atomic mass is 9.97. The fourth-order valence-corrected chi connectivity index (χ4v) is 3.21. The number of nitrogens with one attached hydrogen (secondary N) is 1. The van der Waals surface area contributed by atoms with E-state index in [0.717, 1.165) is 34.3 Å². The van der Waals surface area contributed by atoms with Crippen LogP contribution in [0.25, 0.3) is 10.8 Å². The van der Waals surface area contributed by atoms with Gasteiger partial charge in [-0.05, 0) is 35.1 Å². The number of fused-ring (bicyclic) bond motifs is 1. The van der Waals surface area contributed by atoms with Gasteiger partial charge in [-0.25, -0.2) is 0 Å². The molecule has 6 heteroatoms. The Morgan fingerprint density at radius 1 is 1.11 bits per heavy atom. The molecule has 2 heterocycles. The van der Waals surface area contributed by atoms with Gasteiger partial charge in [0.15, 0.2) is 0 Å². The van der Waals surface area contributed by atoms with Crippen molar-refractivity contribution in [3.63, 3.8) is 0 Å². The Kier molecular flexibility index (Phi) is 4.85. The third-order valence-corrected chi connectivity index (χ3v) is 4.87. The number of carbonyl (C=O) groups excluding carboxylic acids is 1. The van der Waals surface area contributed by atoms with Crippen molar-refractivity contribution in [2.45, 2.75) is 19.3 Å². The molecule has 28 heavy (non-hydrogen) atoms. The average molecular weight is 371 g/mol. The van der Waals surface area contributed by atoms with Crippen LogP contribution >= 0.6 is 0 Å². The van der Waals surface area contributed by atoms with E-state index < -0.39 is 0 Å². The van der Waals surface area contributed by atoms with Crippen molar-refractivity contribution in [2.75, 3.05) is 5.32 Å². The number of aryl methyl sites for hydroxylation is 1. The van der Waals surface area contributed by atoms with Gasteiger partial charge >= 0.3 is 0 Å². The zero-order valence-corrected chi connectivity index (χ0v) is 15.8. The van der Waals surface area contributed by atoms with Crippen molar-refractivity contribution in [3.05, 3.63) is 84.2 Å². The molecule has 0 aliphatic rings. The van der Waals surface area contributed by atoms with Crippen LogP contribution in [0.15, 0.2) is 67.1 Å². The number of nitrogens with zero attached hydrogens (tertiary/aromatic N) is 4. The summed E-state index contributed by atoms with van der Waals surface area (Å²) in [5.74, 6) is 0.963. The summed E-state index contributed by atoms with van der Waals surface area (Å²) in [5.41, 5.74) is 2.28. The standard InChI is InChI=1S/C22H21N5O/c1-15(10-21-26-24-14-27(21)2)16-8-5-9-19(11-16)25-22(28)20-12-17-6-3-4-7-18(17)13-23-20/h3-9,11-15H,10H2,1-2H3,(H,25,28)/t15-/m1/s1. The van der Waals surface area contributed by atoms with E-state index in [9.17, 15) is 4.79 Å². The molecule has 0 radical (unpaired) electrons. The summed E-state index contributed by atoms with van der Waals surface area (Å²) in [6, 6.07) is 17.6. The topological polar surface area (TPSA) is 72.7 Å². The Bertz CT molecular complexity index is 1130. The molecule has 2 aromatic heterocycles. The second-order valence-corrected chi connectivity index (χ2v) is 6.96. The van der Waals surface area contributed by atoms with Crippen molar-refractivity contribution >= 4 is 22.4 Å². The fourth-order valence-electron chi connectivity index (χ4n) is 3.21. The molecule has 4 aromatic rings. The minimum atomic E-state index is -0.219. The largest absolute Gasteiger partial charge is 0.321 e. The Balaban J connectivity index is 1.50. The van der Waals surface area contributed by atoms with Crippen LogP contribution in [0.3, 0.4) is 0 Å². The SMILES string of the molecule is C[C@H](Cc1nncn1C)c1cccc(NC(=O)c2cc3ccccc3cn2)c1. The maximum Gasteiger partial charge on any atom is 0.274 e. The maximum absolute atomic E-state index is 12.6. The van der Waals surface area contributed by atoms with Crippen LogP contribution in [0, 0.1) is 0 Å². The Morgan fingerprint density at radius 3 is 2.71 bits per heavy atom. The van der Waals surface area contributed by atoms with E-state index in [1.165, 1.54) is 0 Å². The lowest BCUT2D eigenvalue weighted by Crippen LogP contribution is -2.14. The number of hydrogen-bond acceptors (Lipinski definition) is 4. The average Bonchev–Trinajstić information content (AvgIpc) is 3.12. The molecule has 0 aliphatic heterocycles. The zero-order chi connectivity index (χ0) is 19.5. The Morgan fingerprint density at radius 2 is 1.93 bits per heavy atom. The van der Waals surface area contributed by atoms with Gasteiger partial charge in [0.05, 0.1) is 0 Å². The quantitative estimate of drug-likeness (QED) is 0.576. The smallest absolute Gasteiger partial charge is 0.274 e. The van der Waals surface area contributed by atoms with E-state index in [4.69, 9.17) is 0 Å². The molecule has 0 spiro atoms. The van der Waals surface area contributed by atoms with Gasteiger partial charge < -0.3 is 9.88 Å². The van der Waals surface area contributed by atoms with Crippen LogP contribution in [0.2, 0.25) is 0 Å². The molecule has 2 aromatic carbocycles. The van der Waals surface area contributed by atoms with E-state index >= 15 is 0 Å². The van der Waals surface area contributed by atoms with Gasteiger partial charge in [-0.1, -0.05) is 43.3 Å². The van der Waals surface area contributed by atoms with Gasteiger partial charge in [0.1, 0.15) is 17.8 Å². The van der Waals surface area contributed by atoms with Crippen LogP contribution in [0.1, 0.15) is 34.7 Å². The monoisotopic (exact) mass is 371 g/mol. The number of rotatable bonds is 5. The summed E-state index contributed by atoms with van der Waals surface area (Å²) >= 11 is 0. The first-order valence-corrected chi connectivity index (χ1v) is 9.19. The van der Waals surface area contributed by atoms with E-state index in [-0.39, 0.29) is 11.8 Å². The normalized spacial score (nSPS) is 12.1. The molecule has 1 N–H and O–H groups in total. The number of pyridine rings is 1. The van der Waals surface area contributed by atoms with Crippen LogP contribution < -0.4 is 5.32 Å². The van der Waals surface area contributed by atoms with Gasteiger partial charge in [-0.15, -0.1) is 10.2 Å². The van der Waals surface area contributed by atoms with E-state index in [0.29, 0.717) is 5.69 Å². The molecule has 140 valence electrons. The highest BCUT2D eigenvalue weighted by Gasteiger charge is 2.13. The zero-order valence-electron chi connectivity index (χ0n) is 15.8. The number of carbonyl (C=O) groups is 1. The van der Waals surface area contributed by atoms with Crippen molar-refractivity contribution in [1.29, 1.82) is 0 Å². The molecule has 0 unspecified atom stereocenters. The van der Waals surface area contributed by atoms with Gasteiger partial charge in [-0.2, -0.15) is 0 Å². The summed E-state index contributed by atoms with van der Waals surface area (Å²) in [7, 11) is 1.94. The summed E-state index contributed by atoms with van der Waals surface area (Å²) in [5, 5.41) is 13.0. The first-order chi connectivity index (χ1) is 13.6. The molecule has 1 amide bonds. The van der Waals surface area contributed by atoms with Crippen LogP contribution in [-0.2, 0) is 13.5 Å². The number of hydrogen-bond donors (Lipinski definition) is 1. The molecule has 0 saturated carbocycles. The fraction of sp³-hybridized carbons (Fsp3) is 0.182. The lowest BCUT2D eigenvalue weighted by Gasteiger charge is -2.13. The molecular formula is C22H21N5O. The predicted molar refractivity (Wildman–Crippen MR) is 109 cm³/mol. The van der Waals surface area contributed by atoms with Crippen molar-refractivity contribution in [1.82, 2.24) is 19.7 Å². The third kappa shape index (κ3) is 3.76. The van der Waals surface area contributed by atoms with Crippen molar-refractivity contribution in [3.8, 4) is 0 Å². The summed E-state index contributed by atoms with van der Waals surface area (Å²) in [6.07, 6.45) is 4.21. The number of anilines is 1. The minimum Gasteiger partial charge on any atom is -0.321 e. The maximum atomic E-state index is 12.6. The minimum absolute atomic E-state index is 0.219. The first kappa shape index (κ1) is 17.9. The van der Waals surface area contributed by atoms with E-state index in [1.807, 2.05) is 60.1 Å². The lowest BCUT2D eigenvalue weighted by molar-refractivity contribution is 0.102. The van der Waals surface area contributed by atoms with Crippen LogP contribution in [0.5, 0.6) is 0 Å². The van der Waals surface area contributed by atoms with Gasteiger partial charge in [0.25, 0.3) is 5.91 Å². The molecule has 6 nitrogen and oxygen atoms in total. The van der Waals surface area contributed by atoms with Crippen LogP contribution in [0.4, 0.5) is 5.69 Å². The van der Waals surface area contributed by atoms with Gasteiger partial charge in [0.2, 0.25) is 0 Å². The predicted octanol–water partition coefficient (Wildman–Crippen LogP) is 3.96. The van der Waals surface area contributed by atoms with Gasteiger partial charge in [-0.3, -0.25) is 9.78 Å². The van der Waals surface area contributed by atoms with Crippen LogP contribution in [-0.4, -0.2) is 25.7 Å². The molecule has 0 bridgehead atoms. The Hall–Kier alpha value is -3.54. The molecular weight excluding hydrogens is 350 g/mol. The number of amides is 1. The molecule has 1 atom stereocenters. The third-order valence-electron chi connectivity index (χ3n) is 4.87. The highest BCUT2D eigenvalue weighted by molar-refractivity contribution is 6.04. The first-order valence-electron chi connectivity index (χ1n) is 9.19. The summed E-state index contributed by atoms with van der Waals surface area (Å²) < 4.78 is 1.92. The number of aromatic nitrogens is 4. The molecule has 0 aliphatic carbocycles. The molecule has 0 fully saturated rings.